The number of methoxy groups -OCH3 is 1. The van der Waals surface area contributed by atoms with E-state index in [0.717, 1.165) is 5.39 Å². The van der Waals surface area contributed by atoms with Crippen LogP contribution in [0.3, 0.4) is 0 Å². The van der Waals surface area contributed by atoms with Crippen molar-refractivity contribution in [1.29, 1.82) is 0 Å². The molecule has 11 heteroatoms. The lowest BCUT2D eigenvalue weighted by atomic mass is 10.1. The first-order valence-corrected chi connectivity index (χ1v) is 12.5. The first-order valence-electron chi connectivity index (χ1n) is 11.0. The number of piperidine rings is 1. The second-order valence-corrected chi connectivity index (χ2v) is 11.0. The van der Waals surface area contributed by atoms with Crippen molar-refractivity contribution < 1.29 is 13.2 Å². The summed E-state index contributed by atoms with van der Waals surface area (Å²) in [5, 5.41) is 3.62. The maximum atomic E-state index is 13.1. The molecule has 4 rings (SSSR count). The smallest absolute Gasteiger partial charge is 0.259 e. The maximum Gasteiger partial charge on any atom is 0.259 e. The summed E-state index contributed by atoms with van der Waals surface area (Å²) in [7, 11) is 0.0274. The summed E-state index contributed by atoms with van der Waals surface area (Å²) in [6.45, 7) is 4.33. The standard InChI is InChI=1S/C23H29N5O4S.ClH/c1-15(2)33(30,31)28-11-9-17(10-12-28)25-23-24-14-16-13-19(22(29)27(3)21(16)26-23)18-7-5-6-8-20(18)32-4;/h5-8,13-15,17H,9-12H2,1-4H3,(H,24,25,26);1H. The van der Waals surface area contributed by atoms with Gasteiger partial charge in [0.15, 0.2) is 0 Å². The molecule has 3 heterocycles. The Hall–Kier alpha value is -2.69. The lowest BCUT2D eigenvalue weighted by Crippen LogP contribution is -2.45. The average molecular weight is 508 g/mol. The number of hydrogen-bond donors (Lipinski definition) is 1. The SMILES string of the molecule is COc1ccccc1-c1cc2cnc(NC3CCN(S(=O)(=O)C(C)C)CC3)nc2n(C)c1=O.Cl. The van der Waals surface area contributed by atoms with Gasteiger partial charge >= 0.3 is 0 Å². The highest BCUT2D eigenvalue weighted by Crippen LogP contribution is 2.29. The highest BCUT2D eigenvalue weighted by atomic mass is 35.5. The zero-order valence-electron chi connectivity index (χ0n) is 19.7. The molecular formula is C23H30ClN5O4S. The Balaban J connectivity index is 0.00000324. The molecule has 9 nitrogen and oxygen atoms in total. The van der Waals surface area contributed by atoms with E-state index in [0.29, 0.717) is 54.4 Å². The zero-order valence-corrected chi connectivity index (χ0v) is 21.3. The van der Waals surface area contributed by atoms with Gasteiger partial charge < -0.3 is 10.1 Å². The van der Waals surface area contributed by atoms with Crippen molar-refractivity contribution in [2.75, 3.05) is 25.5 Å². The van der Waals surface area contributed by atoms with Gasteiger partial charge in [0.2, 0.25) is 16.0 Å². The van der Waals surface area contributed by atoms with E-state index < -0.39 is 15.3 Å². The molecular weight excluding hydrogens is 478 g/mol. The van der Waals surface area contributed by atoms with Crippen LogP contribution in [0.5, 0.6) is 5.75 Å². The van der Waals surface area contributed by atoms with E-state index in [4.69, 9.17) is 4.74 Å². The third-order valence-corrected chi connectivity index (χ3v) is 8.36. The fraction of sp³-hybridized carbons (Fsp3) is 0.435. The number of nitrogens with one attached hydrogen (secondary N) is 1. The highest BCUT2D eigenvalue weighted by molar-refractivity contribution is 7.89. The van der Waals surface area contributed by atoms with Crippen LogP contribution in [-0.2, 0) is 17.1 Å². The van der Waals surface area contributed by atoms with Crippen LogP contribution >= 0.6 is 12.4 Å². The minimum Gasteiger partial charge on any atom is -0.496 e. The number of para-hydroxylation sites is 1. The molecule has 0 aliphatic carbocycles. The van der Waals surface area contributed by atoms with Crippen LogP contribution in [0.15, 0.2) is 41.3 Å². The summed E-state index contributed by atoms with van der Waals surface area (Å²) in [6, 6.07) is 9.24. The molecule has 0 saturated carbocycles. The molecule has 184 valence electrons. The normalized spacial score (nSPS) is 15.3. The molecule has 0 amide bonds. The number of aromatic nitrogens is 3. The van der Waals surface area contributed by atoms with Crippen LogP contribution in [0.25, 0.3) is 22.2 Å². The molecule has 0 spiro atoms. The van der Waals surface area contributed by atoms with E-state index >= 15 is 0 Å². The Morgan fingerprint density at radius 1 is 1.15 bits per heavy atom. The number of pyridine rings is 1. The molecule has 1 N–H and O–H groups in total. The largest absolute Gasteiger partial charge is 0.496 e. The fourth-order valence-corrected chi connectivity index (χ4v) is 5.43. The number of sulfonamides is 1. The predicted molar refractivity (Wildman–Crippen MR) is 136 cm³/mol. The van der Waals surface area contributed by atoms with Crippen molar-refractivity contribution >= 4 is 39.4 Å². The Morgan fingerprint density at radius 3 is 2.47 bits per heavy atom. The first-order chi connectivity index (χ1) is 15.7. The summed E-state index contributed by atoms with van der Waals surface area (Å²) in [5.41, 5.74) is 1.58. The van der Waals surface area contributed by atoms with Crippen molar-refractivity contribution in [3.05, 3.63) is 46.9 Å². The zero-order chi connectivity index (χ0) is 23.8. The quantitative estimate of drug-likeness (QED) is 0.546. The molecule has 1 aliphatic rings. The molecule has 34 heavy (non-hydrogen) atoms. The van der Waals surface area contributed by atoms with E-state index in [1.807, 2.05) is 24.3 Å². The fourth-order valence-electron chi connectivity index (χ4n) is 4.11. The van der Waals surface area contributed by atoms with Crippen LogP contribution in [0, 0.1) is 0 Å². The van der Waals surface area contributed by atoms with Gasteiger partial charge in [-0.05, 0) is 38.8 Å². The molecule has 3 aromatic rings. The topological polar surface area (TPSA) is 106 Å². The van der Waals surface area contributed by atoms with Gasteiger partial charge in [-0.1, -0.05) is 18.2 Å². The van der Waals surface area contributed by atoms with Crippen molar-refractivity contribution in [1.82, 2.24) is 18.8 Å². The molecule has 1 fully saturated rings. The number of ether oxygens (including phenoxy) is 1. The lowest BCUT2D eigenvalue weighted by Gasteiger charge is -2.32. The average Bonchev–Trinajstić information content (AvgIpc) is 2.82. The molecule has 0 atom stereocenters. The minimum atomic E-state index is -3.24. The summed E-state index contributed by atoms with van der Waals surface area (Å²) in [4.78, 5) is 22.1. The van der Waals surface area contributed by atoms with Crippen LogP contribution in [0.2, 0.25) is 0 Å². The summed E-state index contributed by atoms with van der Waals surface area (Å²) in [5.74, 6) is 1.05. The summed E-state index contributed by atoms with van der Waals surface area (Å²) >= 11 is 0. The molecule has 0 unspecified atom stereocenters. The number of benzene rings is 1. The van der Waals surface area contributed by atoms with Gasteiger partial charge in [-0.3, -0.25) is 9.36 Å². The Morgan fingerprint density at radius 2 is 1.82 bits per heavy atom. The summed E-state index contributed by atoms with van der Waals surface area (Å²) < 4.78 is 33.2. The second-order valence-electron chi connectivity index (χ2n) is 8.51. The van der Waals surface area contributed by atoms with E-state index in [1.54, 1.807) is 44.6 Å². The van der Waals surface area contributed by atoms with Crippen molar-refractivity contribution in [3.8, 4) is 16.9 Å². The molecule has 1 aromatic carbocycles. The molecule has 1 aliphatic heterocycles. The van der Waals surface area contributed by atoms with E-state index in [2.05, 4.69) is 15.3 Å². The number of halogens is 1. The lowest BCUT2D eigenvalue weighted by molar-refractivity contribution is 0.326. The first kappa shape index (κ1) is 25.9. The Bertz CT molecular complexity index is 1330. The van der Waals surface area contributed by atoms with E-state index in [9.17, 15) is 13.2 Å². The third-order valence-electron chi connectivity index (χ3n) is 6.09. The van der Waals surface area contributed by atoms with Crippen LogP contribution in [0.1, 0.15) is 26.7 Å². The molecule has 0 bridgehead atoms. The number of fused-ring (bicyclic) bond motifs is 1. The monoisotopic (exact) mass is 507 g/mol. The molecule has 2 aromatic heterocycles. The molecule has 0 radical (unpaired) electrons. The minimum absolute atomic E-state index is 0. The number of aryl methyl sites for hydroxylation is 1. The van der Waals surface area contributed by atoms with Gasteiger partial charge in [0.1, 0.15) is 11.4 Å². The summed E-state index contributed by atoms with van der Waals surface area (Å²) in [6.07, 6.45) is 3.03. The van der Waals surface area contributed by atoms with Gasteiger partial charge in [-0.2, -0.15) is 4.98 Å². The van der Waals surface area contributed by atoms with Crippen LogP contribution < -0.4 is 15.6 Å². The number of hydrogen-bond acceptors (Lipinski definition) is 7. The van der Waals surface area contributed by atoms with Crippen molar-refractivity contribution in [3.63, 3.8) is 0 Å². The second kappa shape index (κ2) is 10.3. The van der Waals surface area contributed by atoms with Crippen molar-refractivity contribution in [2.45, 2.75) is 38.0 Å². The van der Waals surface area contributed by atoms with Crippen LogP contribution in [-0.4, -0.2) is 58.7 Å². The number of rotatable bonds is 6. The number of anilines is 1. The molecule has 1 saturated heterocycles. The Labute approximate surface area is 205 Å². The van der Waals surface area contributed by atoms with Gasteiger partial charge in [-0.15, -0.1) is 12.4 Å². The van der Waals surface area contributed by atoms with Crippen molar-refractivity contribution in [2.24, 2.45) is 7.05 Å². The van der Waals surface area contributed by atoms with E-state index in [-0.39, 0.29) is 24.0 Å². The van der Waals surface area contributed by atoms with Gasteiger partial charge in [0, 0.05) is 43.3 Å². The third kappa shape index (κ3) is 4.89. The highest BCUT2D eigenvalue weighted by Gasteiger charge is 2.30. The number of nitrogens with zero attached hydrogens (tertiary/aromatic N) is 4. The van der Waals surface area contributed by atoms with Crippen LogP contribution in [0.4, 0.5) is 5.95 Å². The predicted octanol–water partition coefficient (Wildman–Crippen LogP) is 3.04. The maximum absolute atomic E-state index is 13.1. The Kier molecular flexibility index (Phi) is 7.84. The van der Waals surface area contributed by atoms with Gasteiger partial charge in [0.05, 0.1) is 17.9 Å². The van der Waals surface area contributed by atoms with Gasteiger partial charge in [0.25, 0.3) is 5.56 Å². The van der Waals surface area contributed by atoms with Gasteiger partial charge in [-0.25, -0.2) is 17.7 Å². The van der Waals surface area contributed by atoms with E-state index in [1.165, 1.54) is 4.57 Å².